The third-order valence-corrected chi connectivity index (χ3v) is 5.14. The van der Waals surface area contributed by atoms with Gasteiger partial charge < -0.3 is 10.4 Å². The minimum Gasteiger partial charge on any atom is -0.388 e. The highest BCUT2D eigenvalue weighted by Crippen LogP contribution is 2.54. The van der Waals surface area contributed by atoms with Gasteiger partial charge in [-0.15, -0.1) is 0 Å². The van der Waals surface area contributed by atoms with Crippen molar-refractivity contribution in [1.29, 1.82) is 0 Å². The lowest BCUT2D eigenvalue weighted by atomic mass is 9.92. The Bertz CT molecular complexity index is 854. The Hall–Kier alpha value is -2.47. The van der Waals surface area contributed by atoms with Crippen molar-refractivity contribution in [3.8, 4) is 0 Å². The third-order valence-electron chi connectivity index (χ3n) is 5.14. The van der Waals surface area contributed by atoms with Crippen LogP contribution in [0.25, 0.3) is 0 Å². The van der Waals surface area contributed by atoms with Gasteiger partial charge in [0.05, 0.1) is 11.8 Å². The van der Waals surface area contributed by atoms with Gasteiger partial charge in [0.15, 0.2) is 0 Å². The number of carbonyl (C=O) groups excluding carboxylic acids is 1. The molecule has 2 N–H and O–H groups in total. The second-order valence-electron chi connectivity index (χ2n) is 6.87. The van der Waals surface area contributed by atoms with Crippen molar-refractivity contribution in [1.82, 2.24) is 15.1 Å². The molecule has 1 aromatic carbocycles. The Kier molecular flexibility index (Phi) is 4.47. The van der Waals surface area contributed by atoms with E-state index in [9.17, 15) is 14.7 Å². The number of amides is 1. The Labute approximate surface area is 146 Å². The van der Waals surface area contributed by atoms with Crippen molar-refractivity contribution in [2.75, 3.05) is 6.54 Å². The van der Waals surface area contributed by atoms with Crippen molar-refractivity contribution in [3.63, 3.8) is 0 Å². The number of aliphatic hydroxyl groups excluding tert-OH is 1. The second kappa shape index (κ2) is 6.44. The number of aliphatic hydroxyl groups is 1. The Morgan fingerprint density at radius 2 is 1.96 bits per heavy atom. The molecule has 1 amide bonds. The molecule has 25 heavy (non-hydrogen) atoms. The fraction of sp³-hybridized carbons (Fsp3) is 0.421. The molecule has 3 rings (SSSR count). The molecule has 0 radical (unpaired) electrons. The molecular weight excluding hydrogens is 318 g/mol. The highest BCUT2D eigenvalue weighted by molar-refractivity contribution is 5.95. The summed E-state index contributed by atoms with van der Waals surface area (Å²) >= 11 is 0. The van der Waals surface area contributed by atoms with Gasteiger partial charge in [-0.05, 0) is 37.8 Å². The van der Waals surface area contributed by atoms with Crippen LogP contribution in [-0.4, -0.2) is 27.3 Å². The smallest absolute Gasteiger partial charge is 0.279 e. The summed E-state index contributed by atoms with van der Waals surface area (Å²) in [7, 11) is 1.53. The van der Waals surface area contributed by atoms with Crippen molar-refractivity contribution in [2.45, 2.75) is 32.8 Å². The predicted molar refractivity (Wildman–Crippen MR) is 94.4 cm³/mol. The molecule has 1 saturated carbocycles. The van der Waals surface area contributed by atoms with Crippen LogP contribution in [0.2, 0.25) is 0 Å². The quantitative estimate of drug-likeness (QED) is 0.866. The molecule has 1 aliphatic rings. The first-order valence-electron chi connectivity index (χ1n) is 8.41. The summed E-state index contributed by atoms with van der Waals surface area (Å²) in [6, 6.07) is 9.46. The topological polar surface area (TPSA) is 84.2 Å². The summed E-state index contributed by atoms with van der Waals surface area (Å²) in [5.74, 6) is -0.407. The van der Waals surface area contributed by atoms with E-state index in [0.717, 1.165) is 18.4 Å². The summed E-state index contributed by atoms with van der Waals surface area (Å²) < 4.78 is 1.18. The zero-order valence-corrected chi connectivity index (χ0v) is 14.7. The van der Waals surface area contributed by atoms with Gasteiger partial charge in [-0.25, -0.2) is 4.68 Å². The van der Waals surface area contributed by atoms with Crippen molar-refractivity contribution in [3.05, 3.63) is 63.1 Å². The first kappa shape index (κ1) is 17.4. The number of hydrogen-bond acceptors (Lipinski definition) is 4. The molecule has 1 unspecified atom stereocenters. The van der Waals surface area contributed by atoms with Crippen molar-refractivity contribution in [2.24, 2.45) is 12.5 Å². The van der Waals surface area contributed by atoms with Crippen LogP contribution in [0, 0.1) is 19.3 Å². The van der Waals surface area contributed by atoms with Gasteiger partial charge in [0.2, 0.25) is 0 Å². The normalized spacial score (nSPS) is 16.3. The SMILES string of the molecule is Cc1nn(C)c(=O)c(C(=O)NCC2(C(O)c3ccccc3)CC2)c1C. The van der Waals surface area contributed by atoms with Gasteiger partial charge in [0.25, 0.3) is 11.5 Å². The van der Waals surface area contributed by atoms with Crippen LogP contribution in [0.1, 0.15) is 46.1 Å². The van der Waals surface area contributed by atoms with Crippen LogP contribution in [0.5, 0.6) is 0 Å². The fourth-order valence-electron chi connectivity index (χ4n) is 3.16. The molecular formula is C19H23N3O3. The maximum atomic E-state index is 12.6. The van der Waals surface area contributed by atoms with Crippen LogP contribution in [0.15, 0.2) is 35.1 Å². The van der Waals surface area contributed by atoms with E-state index < -0.39 is 17.6 Å². The number of benzene rings is 1. The number of rotatable bonds is 5. The Morgan fingerprint density at radius 1 is 1.32 bits per heavy atom. The lowest BCUT2D eigenvalue weighted by molar-refractivity contribution is 0.0806. The van der Waals surface area contributed by atoms with E-state index in [1.807, 2.05) is 30.3 Å². The highest BCUT2D eigenvalue weighted by Gasteiger charge is 2.49. The van der Waals surface area contributed by atoms with E-state index in [0.29, 0.717) is 17.8 Å². The van der Waals surface area contributed by atoms with Crippen LogP contribution >= 0.6 is 0 Å². The third kappa shape index (κ3) is 3.22. The van der Waals surface area contributed by atoms with Crippen LogP contribution in [0.4, 0.5) is 0 Å². The highest BCUT2D eigenvalue weighted by atomic mass is 16.3. The van der Waals surface area contributed by atoms with E-state index in [1.54, 1.807) is 13.8 Å². The molecule has 6 heteroatoms. The van der Waals surface area contributed by atoms with Gasteiger partial charge in [0, 0.05) is 19.0 Å². The van der Waals surface area contributed by atoms with Gasteiger partial charge >= 0.3 is 0 Å². The van der Waals surface area contributed by atoms with E-state index in [-0.39, 0.29) is 11.0 Å². The van der Waals surface area contributed by atoms with E-state index in [4.69, 9.17) is 0 Å². The number of hydrogen-bond donors (Lipinski definition) is 2. The molecule has 0 aliphatic heterocycles. The number of nitrogens with zero attached hydrogens (tertiary/aromatic N) is 2. The molecule has 0 bridgehead atoms. The predicted octanol–water partition coefficient (Wildman–Crippen LogP) is 1.64. The van der Waals surface area contributed by atoms with Gasteiger partial charge in [-0.3, -0.25) is 9.59 Å². The van der Waals surface area contributed by atoms with E-state index >= 15 is 0 Å². The van der Waals surface area contributed by atoms with E-state index in [1.165, 1.54) is 11.7 Å². The average molecular weight is 341 g/mol. The minimum atomic E-state index is -0.628. The summed E-state index contributed by atoms with van der Waals surface area (Å²) in [4.78, 5) is 24.9. The van der Waals surface area contributed by atoms with Crippen molar-refractivity contribution >= 4 is 5.91 Å². The van der Waals surface area contributed by atoms with Crippen LogP contribution in [0.3, 0.4) is 0 Å². The first-order chi connectivity index (χ1) is 11.9. The molecule has 1 aliphatic carbocycles. The van der Waals surface area contributed by atoms with E-state index in [2.05, 4.69) is 10.4 Å². The second-order valence-corrected chi connectivity index (χ2v) is 6.87. The lowest BCUT2D eigenvalue weighted by Crippen LogP contribution is -2.38. The Morgan fingerprint density at radius 3 is 2.56 bits per heavy atom. The zero-order chi connectivity index (χ0) is 18.2. The summed E-state index contributed by atoms with van der Waals surface area (Å²) in [6.07, 6.45) is 1.06. The maximum Gasteiger partial charge on any atom is 0.279 e. The molecule has 2 aromatic rings. The number of nitrogens with one attached hydrogen (secondary N) is 1. The average Bonchev–Trinajstić information content (AvgIpc) is 3.40. The monoisotopic (exact) mass is 341 g/mol. The minimum absolute atomic E-state index is 0.125. The molecule has 1 fully saturated rings. The number of aryl methyl sites for hydroxylation is 2. The Balaban J connectivity index is 1.76. The fourth-order valence-corrected chi connectivity index (χ4v) is 3.16. The van der Waals surface area contributed by atoms with Crippen molar-refractivity contribution < 1.29 is 9.90 Å². The van der Waals surface area contributed by atoms with Crippen LogP contribution in [-0.2, 0) is 7.05 Å². The summed E-state index contributed by atoms with van der Waals surface area (Å²) in [5.41, 5.74) is 1.46. The molecule has 0 saturated heterocycles. The largest absolute Gasteiger partial charge is 0.388 e. The molecule has 132 valence electrons. The molecule has 1 heterocycles. The molecule has 0 spiro atoms. The molecule has 6 nitrogen and oxygen atoms in total. The van der Waals surface area contributed by atoms with Gasteiger partial charge in [0.1, 0.15) is 5.56 Å². The van der Waals surface area contributed by atoms with Crippen LogP contribution < -0.4 is 10.9 Å². The van der Waals surface area contributed by atoms with Gasteiger partial charge in [-0.2, -0.15) is 5.10 Å². The molecule has 1 aromatic heterocycles. The summed E-state index contributed by atoms with van der Waals surface area (Å²) in [5, 5.41) is 17.6. The first-order valence-corrected chi connectivity index (χ1v) is 8.41. The summed E-state index contributed by atoms with van der Waals surface area (Å²) in [6.45, 7) is 3.84. The van der Waals surface area contributed by atoms with Gasteiger partial charge in [-0.1, -0.05) is 30.3 Å². The maximum absolute atomic E-state index is 12.6. The molecule has 1 atom stereocenters. The zero-order valence-electron chi connectivity index (χ0n) is 14.7. The standard InChI is InChI=1S/C19H23N3O3/c1-12-13(2)21-22(3)18(25)15(12)17(24)20-11-19(9-10-19)16(23)14-7-5-4-6-8-14/h4-8,16,23H,9-11H2,1-3H3,(H,20,24). The lowest BCUT2D eigenvalue weighted by Gasteiger charge is -2.23. The number of carbonyl (C=O) groups is 1. The number of aromatic nitrogens is 2.